The minimum atomic E-state index is -0.245. The van der Waals surface area contributed by atoms with Gasteiger partial charge in [0.25, 0.3) is 5.91 Å². The summed E-state index contributed by atoms with van der Waals surface area (Å²) in [7, 11) is 1.60. The van der Waals surface area contributed by atoms with Gasteiger partial charge < -0.3 is 19.3 Å². The highest BCUT2D eigenvalue weighted by molar-refractivity contribution is 6.05. The van der Waals surface area contributed by atoms with Crippen LogP contribution in [0, 0.1) is 0 Å². The van der Waals surface area contributed by atoms with Crippen LogP contribution in [0.25, 0.3) is 11.4 Å². The Hall–Kier alpha value is -4.13. The van der Waals surface area contributed by atoms with Crippen LogP contribution >= 0.6 is 0 Å². The fraction of sp³-hybridized carbons (Fsp3) is 0.0870. The molecule has 3 aromatic carbocycles. The molecule has 0 aliphatic carbocycles. The average Bonchev–Trinajstić information content (AvgIpc) is 3.34. The van der Waals surface area contributed by atoms with E-state index in [1.54, 1.807) is 25.3 Å². The zero-order chi connectivity index (χ0) is 20.8. The van der Waals surface area contributed by atoms with E-state index < -0.39 is 0 Å². The molecule has 4 aromatic rings. The van der Waals surface area contributed by atoms with Crippen LogP contribution in [0.2, 0.25) is 0 Å². The van der Waals surface area contributed by atoms with Crippen LogP contribution in [-0.2, 0) is 6.61 Å². The maximum absolute atomic E-state index is 12.8. The van der Waals surface area contributed by atoms with E-state index in [1.807, 2.05) is 54.6 Å². The number of rotatable bonds is 7. The largest absolute Gasteiger partial charge is 0.493 e. The maximum Gasteiger partial charge on any atom is 0.255 e. The van der Waals surface area contributed by atoms with Gasteiger partial charge in [-0.2, -0.15) is 4.98 Å². The van der Waals surface area contributed by atoms with E-state index in [4.69, 9.17) is 14.0 Å². The molecule has 0 bridgehead atoms. The number of carbonyl (C=O) groups is 1. The summed E-state index contributed by atoms with van der Waals surface area (Å²) in [6.45, 7) is 0.278. The summed E-state index contributed by atoms with van der Waals surface area (Å²) in [5.41, 5.74) is 2.69. The number of hydrogen-bond acceptors (Lipinski definition) is 6. The molecule has 0 unspecified atom stereocenters. The van der Waals surface area contributed by atoms with Gasteiger partial charge in [0.05, 0.1) is 7.11 Å². The lowest BCUT2D eigenvalue weighted by Crippen LogP contribution is -2.14. The lowest BCUT2D eigenvalue weighted by atomic mass is 10.1. The molecule has 150 valence electrons. The summed E-state index contributed by atoms with van der Waals surface area (Å²) in [6.07, 6.45) is 1.25. The van der Waals surface area contributed by atoms with E-state index in [9.17, 15) is 4.79 Å². The summed E-state index contributed by atoms with van der Waals surface area (Å²) in [5, 5.41) is 6.76. The smallest absolute Gasteiger partial charge is 0.255 e. The molecule has 0 aliphatic heterocycles. The number of carbonyl (C=O) groups excluding carboxylic acids is 1. The lowest BCUT2D eigenvalue weighted by Gasteiger charge is -2.14. The van der Waals surface area contributed by atoms with Crippen molar-refractivity contribution >= 4 is 11.6 Å². The molecule has 30 heavy (non-hydrogen) atoms. The number of amides is 1. The van der Waals surface area contributed by atoms with Gasteiger partial charge in [0.1, 0.15) is 6.61 Å². The topological polar surface area (TPSA) is 86.5 Å². The summed E-state index contributed by atoms with van der Waals surface area (Å²) in [4.78, 5) is 16.8. The molecule has 0 radical (unpaired) electrons. The molecule has 1 aromatic heterocycles. The van der Waals surface area contributed by atoms with Crippen molar-refractivity contribution in [3.8, 4) is 22.9 Å². The summed E-state index contributed by atoms with van der Waals surface area (Å²) < 4.78 is 16.0. The van der Waals surface area contributed by atoms with Crippen LogP contribution < -0.4 is 14.8 Å². The summed E-state index contributed by atoms with van der Waals surface area (Å²) in [6, 6.07) is 22.0. The Balaban J connectivity index is 1.50. The van der Waals surface area contributed by atoms with Crippen molar-refractivity contribution in [1.82, 2.24) is 10.1 Å². The quantitative estimate of drug-likeness (QED) is 0.488. The number of anilines is 1. The van der Waals surface area contributed by atoms with Gasteiger partial charge in [-0.3, -0.25) is 4.79 Å². The third-order valence-corrected chi connectivity index (χ3v) is 4.46. The Morgan fingerprint density at radius 1 is 1.00 bits per heavy atom. The van der Waals surface area contributed by atoms with Gasteiger partial charge in [-0.1, -0.05) is 47.6 Å². The lowest BCUT2D eigenvalue weighted by molar-refractivity contribution is 0.102. The average molecular weight is 401 g/mol. The molecule has 1 heterocycles. The fourth-order valence-corrected chi connectivity index (χ4v) is 2.95. The van der Waals surface area contributed by atoms with Gasteiger partial charge in [0.15, 0.2) is 11.5 Å². The molecule has 1 N–H and O–H groups in total. The molecule has 0 saturated carbocycles. The van der Waals surface area contributed by atoms with Crippen LogP contribution in [0.3, 0.4) is 0 Å². The van der Waals surface area contributed by atoms with Gasteiger partial charge in [0.2, 0.25) is 12.2 Å². The Kier molecular flexibility index (Phi) is 5.70. The monoisotopic (exact) mass is 401 g/mol. The predicted octanol–water partition coefficient (Wildman–Crippen LogP) is 4.58. The highest BCUT2D eigenvalue weighted by Crippen LogP contribution is 2.28. The summed E-state index contributed by atoms with van der Waals surface area (Å²) >= 11 is 0. The van der Waals surface area contributed by atoms with Gasteiger partial charge >= 0.3 is 0 Å². The molecular formula is C23H19N3O4. The van der Waals surface area contributed by atoms with Crippen molar-refractivity contribution in [2.24, 2.45) is 0 Å². The molecule has 0 saturated heterocycles. The Labute approximate surface area is 173 Å². The number of para-hydroxylation sites is 3. The number of nitrogens with one attached hydrogen (secondary N) is 1. The molecule has 0 aliphatic rings. The number of ether oxygens (including phenoxy) is 2. The minimum absolute atomic E-state index is 0.245. The highest BCUT2D eigenvalue weighted by atomic mass is 16.5. The van der Waals surface area contributed by atoms with Gasteiger partial charge in [-0.25, -0.2) is 0 Å². The molecule has 0 fully saturated rings. The van der Waals surface area contributed by atoms with Gasteiger partial charge in [0, 0.05) is 22.4 Å². The van der Waals surface area contributed by atoms with E-state index in [-0.39, 0.29) is 12.5 Å². The molecular weight excluding hydrogens is 382 g/mol. The van der Waals surface area contributed by atoms with Crippen LogP contribution in [-0.4, -0.2) is 23.2 Å². The van der Waals surface area contributed by atoms with Crippen molar-refractivity contribution in [2.45, 2.75) is 6.61 Å². The van der Waals surface area contributed by atoms with Crippen molar-refractivity contribution in [2.75, 3.05) is 12.4 Å². The van der Waals surface area contributed by atoms with Crippen molar-refractivity contribution in [1.29, 1.82) is 0 Å². The standard InChI is InChI=1S/C23H19N3O4/c1-28-20-11-4-5-12-21(20)29-14-18-7-2-3-10-19(18)25-23(27)17-9-6-8-16(13-17)22-24-15-30-26-22/h2-13,15H,14H2,1H3,(H,25,27). The number of aromatic nitrogens is 2. The van der Waals surface area contributed by atoms with Crippen LogP contribution in [0.1, 0.15) is 15.9 Å². The summed E-state index contributed by atoms with van der Waals surface area (Å²) in [5.74, 6) is 1.46. The molecule has 7 heteroatoms. The third-order valence-electron chi connectivity index (χ3n) is 4.46. The molecule has 1 amide bonds. The normalized spacial score (nSPS) is 10.4. The van der Waals surface area contributed by atoms with E-state index in [0.717, 1.165) is 5.56 Å². The first-order valence-electron chi connectivity index (χ1n) is 9.26. The van der Waals surface area contributed by atoms with E-state index in [2.05, 4.69) is 15.5 Å². The first-order valence-corrected chi connectivity index (χ1v) is 9.26. The van der Waals surface area contributed by atoms with Crippen molar-refractivity contribution in [3.05, 3.63) is 90.3 Å². The Bertz CT molecular complexity index is 1140. The van der Waals surface area contributed by atoms with Crippen molar-refractivity contribution in [3.63, 3.8) is 0 Å². The zero-order valence-electron chi connectivity index (χ0n) is 16.2. The van der Waals surface area contributed by atoms with Gasteiger partial charge in [-0.05, 0) is 30.3 Å². The van der Waals surface area contributed by atoms with Crippen molar-refractivity contribution < 1.29 is 18.8 Å². The van der Waals surface area contributed by atoms with Crippen LogP contribution in [0.5, 0.6) is 11.5 Å². The van der Waals surface area contributed by atoms with E-state index in [0.29, 0.717) is 34.1 Å². The molecule has 0 spiro atoms. The SMILES string of the molecule is COc1ccccc1OCc1ccccc1NC(=O)c1cccc(-c2ncon2)c1. The molecule has 7 nitrogen and oxygen atoms in total. The van der Waals surface area contributed by atoms with Crippen LogP contribution in [0.4, 0.5) is 5.69 Å². The van der Waals surface area contributed by atoms with Gasteiger partial charge in [-0.15, -0.1) is 0 Å². The third kappa shape index (κ3) is 4.30. The Morgan fingerprint density at radius 3 is 2.60 bits per heavy atom. The highest BCUT2D eigenvalue weighted by Gasteiger charge is 2.12. The minimum Gasteiger partial charge on any atom is -0.493 e. The first kappa shape index (κ1) is 19.2. The second-order valence-corrected chi connectivity index (χ2v) is 6.39. The number of benzene rings is 3. The molecule has 0 atom stereocenters. The number of nitrogens with zero attached hydrogens (tertiary/aromatic N) is 2. The second-order valence-electron chi connectivity index (χ2n) is 6.39. The number of hydrogen-bond donors (Lipinski definition) is 1. The Morgan fingerprint density at radius 2 is 1.80 bits per heavy atom. The second kappa shape index (κ2) is 8.91. The van der Waals surface area contributed by atoms with E-state index in [1.165, 1.54) is 6.39 Å². The number of methoxy groups -OCH3 is 1. The fourth-order valence-electron chi connectivity index (χ4n) is 2.95. The molecule has 4 rings (SSSR count). The van der Waals surface area contributed by atoms with E-state index >= 15 is 0 Å². The first-order chi connectivity index (χ1) is 14.7. The zero-order valence-corrected chi connectivity index (χ0v) is 16.2. The van der Waals surface area contributed by atoms with Crippen LogP contribution in [0.15, 0.2) is 83.7 Å². The predicted molar refractivity (Wildman–Crippen MR) is 111 cm³/mol. The maximum atomic E-state index is 12.8.